The largest absolute Gasteiger partial charge is 0.365 e. The molecule has 1 aliphatic heterocycles. The second-order valence-electron chi connectivity index (χ2n) is 5.22. The van der Waals surface area contributed by atoms with Crippen molar-refractivity contribution in [3.63, 3.8) is 0 Å². The Balaban J connectivity index is 2.27. The fraction of sp³-hybridized carbons (Fsp3) is 0.538. The van der Waals surface area contributed by atoms with Crippen LogP contribution in [-0.4, -0.2) is 18.1 Å². The lowest BCUT2D eigenvalue weighted by molar-refractivity contribution is 0.506. The number of nitrogens with two attached hydrogens (primary N) is 1. The Morgan fingerprint density at radius 3 is 2.33 bits per heavy atom. The molecule has 0 bridgehead atoms. The highest BCUT2D eigenvalue weighted by Crippen LogP contribution is 2.32. The number of aryl methyl sites for hydroxylation is 1. The minimum atomic E-state index is 0.189. The summed E-state index contributed by atoms with van der Waals surface area (Å²) < 4.78 is 0. The summed E-state index contributed by atoms with van der Waals surface area (Å²) in [5.41, 5.74) is 8.81. The fourth-order valence-corrected chi connectivity index (χ4v) is 2.48. The number of nitrogens with zero attached hydrogens (tertiary/aromatic N) is 1. The molecule has 0 radical (unpaired) electrons. The highest BCUT2D eigenvalue weighted by Gasteiger charge is 2.36. The minimum absolute atomic E-state index is 0.189. The Kier molecular flexibility index (Phi) is 2.47. The van der Waals surface area contributed by atoms with Crippen molar-refractivity contribution in [1.29, 1.82) is 0 Å². The van der Waals surface area contributed by atoms with Gasteiger partial charge in [-0.2, -0.15) is 0 Å². The second kappa shape index (κ2) is 3.53. The van der Waals surface area contributed by atoms with Crippen LogP contribution in [0.4, 0.5) is 5.69 Å². The summed E-state index contributed by atoms with van der Waals surface area (Å²) in [6.45, 7) is 7.61. The molecule has 0 amide bonds. The molecule has 2 heteroatoms. The molecule has 15 heavy (non-hydrogen) atoms. The van der Waals surface area contributed by atoms with Crippen LogP contribution in [0.15, 0.2) is 24.3 Å². The van der Waals surface area contributed by atoms with Crippen LogP contribution in [0.2, 0.25) is 0 Å². The quantitative estimate of drug-likeness (QED) is 0.760. The van der Waals surface area contributed by atoms with Gasteiger partial charge in [-0.05, 0) is 39.3 Å². The van der Waals surface area contributed by atoms with E-state index in [9.17, 15) is 0 Å². The zero-order chi connectivity index (χ0) is 11.1. The van der Waals surface area contributed by atoms with Crippen molar-refractivity contribution in [3.05, 3.63) is 29.8 Å². The summed E-state index contributed by atoms with van der Waals surface area (Å²) in [5, 5.41) is 0. The molecular formula is C13H20N2. The monoisotopic (exact) mass is 204 g/mol. The second-order valence-corrected chi connectivity index (χ2v) is 5.22. The van der Waals surface area contributed by atoms with E-state index in [4.69, 9.17) is 5.73 Å². The van der Waals surface area contributed by atoms with Gasteiger partial charge >= 0.3 is 0 Å². The topological polar surface area (TPSA) is 29.3 Å². The van der Waals surface area contributed by atoms with E-state index in [2.05, 4.69) is 49.9 Å². The third-order valence-corrected chi connectivity index (χ3v) is 3.26. The molecule has 0 aliphatic carbocycles. The van der Waals surface area contributed by atoms with Crippen molar-refractivity contribution < 1.29 is 0 Å². The normalized spacial score (nSPS) is 24.5. The van der Waals surface area contributed by atoms with Gasteiger partial charge in [0.05, 0.1) is 0 Å². The van der Waals surface area contributed by atoms with Gasteiger partial charge in [0.1, 0.15) is 0 Å². The summed E-state index contributed by atoms with van der Waals surface area (Å²) in [6.07, 6.45) is 1.07. The maximum absolute atomic E-state index is 6.03. The Labute approximate surface area is 92.1 Å². The highest BCUT2D eigenvalue weighted by molar-refractivity contribution is 5.51. The van der Waals surface area contributed by atoms with E-state index in [1.807, 2.05) is 0 Å². The van der Waals surface area contributed by atoms with E-state index < -0.39 is 0 Å². The molecule has 1 fully saturated rings. The molecule has 1 aromatic carbocycles. The number of anilines is 1. The lowest BCUT2D eigenvalue weighted by atomic mass is 10.00. The van der Waals surface area contributed by atoms with Gasteiger partial charge in [0, 0.05) is 23.8 Å². The van der Waals surface area contributed by atoms with Crippen molar-refractivity contribution >= 4 is 5.69 Å². The van der Waals surface area contributed by atoms with Gasteiger partial charge in [0.2, 0.25) is 0 Å². The molecule has 1 saturated heterocycles. The van der Waals surface area contributed by atoms with E-state index in [-0.39, 0.29) is 5.54 Å². The molecule has 0 spiro atoms. The summed E-state index contributed by atoms with van der Waals surface area (Å²) >= 11 is 0. The zero-order valence-electron chi connectivity index (χ0n) is 9.83. The van der Waals surface area contributed by atoms with Crippen LogP contribution in [0.3, 0.4) is 0 Å². The van der Waals surface area contributed by atoms with Crippen molar-refractivity contribution in [2.45, 2.75) is 38.8 Å². The Hall–Kier alpha value is -1.02. The summed E-state index contributed by atoms with van der Waals surface area (Å²) in [6, 6.07) is 9.01. The molecule has 82 valence electrons. The molecule has 1 atom stereocenters. The molecule has 2 rings (SSSR count). The number of benzene rings is 1. The average molecular weight is 204 g/mol. The van der Waals surface area contributed by atoms with Crippen molar-refractivity contribution in [2.24, 2.45) is 5.73 Å². The predicted molar refractivity (Wildman–Crippen MR) is 65.2 cm³/mol. The Morgan fingerprint density at radius 2 is 1.87 bits per heavy atom. The maximum Gasteiger partial charge on any atom is 0.0371 e. The summed E-state index contributed by atoms with van der Waals surface area (Å²) in [4.78, 5) is 2.41. The summed E-state index contributed by atoms with van der Waals surface area (Å²) in [7, 11) is 0. The number of hydrogen-bond donors (Lipinski definition) is 1. The van der Waals surface area contributed by atoms with Crippen LogP contribution < -0.4 is 10.6 Å². The van der Waals surface area contributed by atoms with Gasteiger partial charge in [-0.25, -0.2) is 0 Å². The van der Waals surface area contributed by atoms with Crippen LogP contribution in [0.5, 0.6) is 0 Å². The summed E-state index contributed by atoms with van der Waals surface area (Å²) in [5.74, 6) is 0. The minimum Gasteiger partial charge on any atom is -0.365 e. The van der Waals surface area contributed by atoms with E-state index in [1.165, 1.54) is 11.3 Å². The van der Waals surface area contributed by atoms with E-state index >= 15 is 0 Å². The smallest absolute Gasteiger partial charge is 0.0371 e. The van der Waals surface area contributed by atoms with E-state index in [0.29, 0.717) is 6.04 Å². The molecule has 2 nitrogen and oxygen atoms in total. The molecule has 1 aromatic rings. The van der Waals surface area contributed by atoms with Crippen LogP contribution in [0, 0.1) is 6.92 Å². The first kappa shape index (κ1) is 10.5. The van der Waals surface area contributed by atoms with Gasteiger partial charge in [-0.15, -0.1) is 0 Å². The molecule has 0 aromatic heterocycles. The maximum atomic E-state index is 6.03. The fourth-order valence-electron chi connectivity index (χ4n) is 2.48. The van der Waals surface area contributed by atoms with Crippen molar-refractivity contribution in [3.8, 4) is 0 Å². The third-order valence-electron chi connectivity index (χ3n) is 3.26. The molecule has 1 unspecified atom stereocenters. The molecule has 0 saturated carbocycles. The van der Waals surface area contributed by atoms with Gasteiger partial charge in [-0.1, -0.05) is 17.7 Å². The highest BCUT2D eigenvalue weighted by atomic mass is 15.2. The Bertz CT molecular complexity index is 340. The Morgan fingerprint density at radius 1 is 1.27 bits per heavy atom. The number of hydrogen-bond acceptors (Lipinski definition) is 2. The van der Waals surface area contributed by atoms with Crippen molar-refractivity contribution in [2.75, 3.05) is 11.4 Å². The van der Waals surface area contributed by atoms with Crippen molar-refractivity contribution in [1.82, 2.24) is 0 Å². The number of rotatable bonds is 1. The first-order valence-corrected chi connectivity index (χ1v) is 5.59. The van der Waals surface area contributed by atoms with Crippen LogP contribution in [0.1, 0.15) is 25.8 Å². The zero-order valence-corrected chi connectivity index (χ0v) is 9.83. The average Bonchev–Trinajstić information content (AvgIpc) is 2.41. The predicted octanol–water partition coefficient (Wildman–Crippen LogP) is 2.31. The van der Waals surface area contributed by atoms with Crippen LogP contribution in [0.25, 0.3) is 0 Å². The molecule has 2 N–H and O–H groups in total. The van der Waals surface area contributed by atoms with Gasteiger partial charge < -0.3 is 10.6 Å². The SMILES string of the molecule is Cc1ccc(N2CC(N)CC2(C)C)cc1. The molecular weight excluding hydrogens is 184 g/mol. The first-order chi connectivity index (χ1) is 6.99. The lowest BCUT2D eigenvalue weighted by Crippen LogP contribution is -2.38. The van der Waals surface area contributed by atoms with Gasteiger partial charge in [-0.3, -0.25) is 0 Å². The lowest BCUT2D eigenvalue weighted by Gasteiger charge is -2.33. The standard InChI is InChI=1S/C13H20N2/c1-10-4-6-12(7-5-10)15-9-11(14)8-13(15,2)3/h4-7,11H,8-9,14H2,1-3H3. The van der Waals surface area contributed by atoms with E-state index in [0.717, 1.165) is 13.0 Å². The molecule has 1 aliphatic rings. The molecule has 1 heterocycles. The van der Waals surface area contributed by atoms with Crippen LogP contribution in [-0.2, 0) is 0 Å². The third kappa shape index (κ3) is 2.00. The van der Waals surface area contributed by atoms with E-state index in [1.54, 1.807) is 0 Å². The first-order valence-electron chi connectivity index (χ1n) is 5.59. The van der Waals surface area contributed by atoms with Gasteiger partial charge in [0.15, 0.2) is 0 Å². The van der Waals surface area contributed by atoms with Crippen LogP contribution >= 0.6 is 0 Å². The van der Waals surface area contributed by atoms with Gasteiger partial charge in [0.25, 0.3) is 0 Å².